The summed E-state index contributed by atoms with van der Waals surface area (Å²) >= 11 is 1.97. The van der Waals surface area contributed by atoms with Crippen molar-refractivity contribution in [3.8, 4) is 0 Å². The molecule has 1 heterocycles. The normalized spacial score (nSPS) is 18.5. The van der Waals surface area contributed by atoms with Gasteiger partial charge in [0.05, 0.1) is 0 Å². The zero-order valence-electron chi connectivity index (χ0n) is 9.26. The monoisotopic (exact) mass is 209 g/mol. The van der Waals surface area contributed by atoms with Crippen molar-refractivity contribution in [2.24, 2.45) is 5.92 Å². The number of aryl methyl sites for hydroxylation is 2. The van der Waals surface area contributed by atoms with Gasteiger partial charge in [-0.3, -0.25) is 0 Å². The van der Waals surface area contributed by atoms with Crippen LogP contribution in [0.1, 0.15) is 41.1 Å². The van der Waals surface area contributed by atoms with Crippen molar-refractivity contribution in [3.63, 3.8) is 0 Å². The van der Waals surface area contributed by atoms with Gasteiger partial charge >= 0.3 is 0 Å². The smallest absolute Gasteiger partial charge is 0.0446 e. The van der Waals surface area contributed by atoms with Crippen LogP contribution in [0, 0.1) is 19.8 Å². The molecule has 1 saturated carbocycles. The Labute approximate surface area is 90.5 Å². The molecule has 78 valence electrons. The molecule has 1 aliphatic rings. The van der Waals surface area contributed by atoms with Gasteiger partial charge in [0, 0.05) is 15.8 Å². The van der Waals surface area contributed by atoms with Crippen LogP contribution in [0.3, 0.4) is 0 Å². The van der Waals surface area contributed by atoms with Crippen molar-refractivity contribution >= 4 is 11.3 Å². The number of nitrogens with one attached hydrogen (secondary N) is 1. The van der Waals surface area contributed by atoms with Gasteiger partial charge in [-0.05, 0) is 50.8 Å². The van der Waals surface area contributed by atoms with Crippen LogP contribution in [0.25, 0.3) is 0 Å². The van der Waals surface area contributed by atoms with Crippen LogP contribution in [0.5, 0.6) is 0 Å². The zero-order valence-corrected chi connectivity index (χ0v) is 10.1. The third-order valence-electron chi connectivity index (χ3n) is 2.88. The summed E-state index contributed by atoms with van der Waals surface area (Å²) in [5.41, 5.74) is 1.48. The van der Waals surface area contributed by atoms with Gasteiger partial charge in [-0.25, -0.2) is 0 Å². The topological polar surface area (TPSA) is 12.0 Å². The van der Waals surface area contributed by atoms with E-state index >= 15 is 0 Å². The van der Waals surface area contributed by atoms with Crippen LogP contribution >= 0.6 is 11.3 Å². The molecule has 0 amide bonds. The third kappa shape index (κ3) is 2.01. The fourth-order valence-electron chi connectivity index (χ4n) is 2.09. The van der Waals surface area contributed by atoms with Gasteiger partial charge in [-0.1, -0.05) is 6.92 Å². The second-order valence-corrected chi connectivity index (χ2v) is 5.56. The molecule has 1 nitrogen and oxygen atoms in total. The van der Waals surface area contributed by atoms with Crippen molar-refractivity contribution in [3.05, 3.63) is 21.4 Å². The Bertz CT molecular complexity index is 312. The van der Waals surface area contributed by atoms with Crippen LogP contribution in [0.4, 0.5) is 0 Å². The van der Waals surface area contributed by atoms with Gasteiger partial charge in [0.15, 0.2) is 0 Å². The fraction of sp³-hybridized carbons (Fsp3) is 0.667. The van der Waals surface area contributed by atoms with Gasteiger partial charge in [0.1, 0.15) is 0 Å². The first-order valence-corrected chi connectivity index (χ1v) is 6.34. The Morgan fingerprint density at radius 2 is 2.21 bits per heavy atom. The maximum Gasteiger partial charge on any atom is 0.0446 e. The molecule has 1 aromatic heterocycles. The molecule has 1 N–H and O–H groups in total. The van der Waals surface area contributed by atoms with Crippen LogP contribution in [0.15, 0.2) is 6.07 Å². The van der Waals surface area contributed by atoms with E-state index in [2.05, 4.69) is 32.2 Å². The van der Waals surface area contributed by atoms with E-state index in [9.17, 15) is 0 Å². The van der Waals surface area contributed by atoms with Crippen LogP contribution < -0.4 is 5.32 Å². The van der Waals surface area contributed by atoms with Crippen molar-refractivity contribution in [1.29, 1.82) is 0 Å². The Balaban J connectivity index is 2.20. The molecule has 1 atom stereocenters. The van der Waals surface area contributed by atoms with E-state index in [1.807, 2.05) is 11.3 Å². The maximum absolute atomic E-state index is 3.63. The summed E-state index contributed by atoms with van der Waals surface area (Å²) in [6, 6.07) is 2.95. The lowest BCUT2D eigenvalue weighted by atomic mass is 10.1. The minimum absolute atomic E-state index is 0.638. The molecular weight excluding hydrogens is 190 g/mol. The molecule has 2 heteroatoms. The lowest BCUT2D eigenvalue weighted by Crippen LogP contribution is -2.22. The summed E-state index contributed by atoms with van der Waals surface area (Å²) in [5.74, 6) is 0.909. The second-order valence-electron chi connectivity index (χ2n) is 4.28. The fourth-order valence-corrected chi connectivity index (χ4v) is 3.30. The van der Waals surface area contributed by atoms with E-state index in [0.717, 1.165) is 12.5 Å². The van der Waals surface area contributed by atoms with E-state index in [0.29, 0.717) is 6.04 Å². The third-order valence-corrected chi connectivity index (χ3v) is 4.11. The largest absolute Gasteiger partial charge is 0.309 e. The highest BCUT2D eigenvalue weighted by molar-refractivity contribution is 7.12. The van der Waals surface area contributed by atoms with Crippen LogP contribution in [-0.2, 0) is 0 Å². The minimum atomic E-state index is 0.638. The molecule has 2 rings (SSSR count). The van der Waals surface area contributed by atoms with E-state index in [1.165, 1.54) is 23.3 Å². The Morgan fingerprint density at radius 1 is 1.50 bits per heavy atom. The molecule has 0 radical (unpaired) electrons. The molecule has 1 fully saturated rings. The summed E-state index contributed by atoms with van der Waals surface area (Å²) in [7, 11) is 0. The van der Waals surface area contributed by atoms with Crippen molar-refractivity contribution < 1.29 is 0 Å². The molecule has 0 spiro atoms. The molecule has 0 bridgehead atoms. The molecule has 0 aliphatic heterocycles. The molecular formula is C12H19NS. The van der Waals surface area contributed by atoms with Gasteiger partial charge < -0.3 is 5.32 Å². The summed E-state index contributed by atoms with van der Waals surface area (Å²) in [6.07, 6.45) is 2.82. The summed E-state index contributed by atoms with van der Waals surface area (Å²) in [5, 5.41) is 3.63. The second kappa shape index (κ2) is 4.03. The highest BCUT2D eigenvalue weighted by Gasteiger charge is 2.33. The standard InChI is InChI=1S/C12H19NS/c1-4-13-11(10-5-6-10)12-8(2)7-9(3)14-12/h7,10-11,13H,4-6H2,1-3H3. The van der Waals surface area contributed by atoms with Gasteiger partial charge in [-0.2, -0.15) is 0 Å². The predicted octanol–water partition coefficient (Wildman–Crippen LogP) is 3.43. The molecule has 1 aromatic rings. The van der Waals surface area contributed by atoms with Crippen molar-refractivity contribution in [1.82, 2.24) is 5.32 Å². The number of hydrogen-bond acceptors (Lipinski definition) is 2. The van der Waals surface area contributed by atoms with Gasteiger partial charge in [-0.15, -0.1) is 11.3 Å². The molecule has 14 heavy (non-hydrogen) atoms. The summed E-state index contributed by atoms with van der Waals surface area (Å²) < 4.78 is 0. The number of thiophene rings is 1. The Morgan fingerprint density at radius 3 is 2.64 bits per heavy atom. The first kappa shape index (κ1) is 10.2. The first-order chi connectivity index (χ1) is 6.72. The number of hydrogen-bond donors (Lipinski definition) is 1. The van der Waals surface area contributed by atoms with E-state index < -0.39 is 0 Å². The predicted molar refractivity (Wildman–Crippen MR) is 62.9 cm³/mol. The summed E-state index contributed by atoms with van der Waals surface area (Å²) in [4.78, 5) is 3.02. The average Bonchev–Trinajstić information content (AvgIpc) is 2.89. The zero-order chi connectivity index (χ0) is 10.1. The molecule has 0 saturated heterocycles. The Kier molecular flexibility index (Phi) is 2.93. The molecule has 0 aromatic carbocycles. The maximum atomic E-state index is 3.63. The van der Waals surface area contributed by atoms with E-state index in [4.69, 9.17) is 0 Å². The minimum Gasteiger partial charge on any atom is -0.309 e. The molecule has 1 unspecified atom stereocenters. The first-order valence-electron chi connectivity index (χ1n) is 5.52. The lowest BCUT2D eigenvalue weighted by Gasteiger charge is -2.16. The highest BCUT2D eigenvalue weighted by atomic mass is 32.1. The van der Waals surface area contributed by atoms with Gasteiger partial charge in [0.25, 0.3) is 0 Å². The Hall–Kier alpha value is -0.340. The van der Waals surface area contributed by atoms with E-state index in [1.54, 1.807) is 4.88 Å². The van der Waals surface area contributed by atoms with Crippen LogP contribution in [0.2, 0.25) is 0 Å². The number of rotatable bonds is 4. The van der Waals surface area contributed by atoms with Crippen molar-refractivity contribution in [2.75, 3.05) is 6.54 Å². The van der Waals surface area contributed by atoms with Crippen LogP contribution in [-0.4, -0.2) is 6.54 Å². The van der Waals surface area contributed by atoms with E-state index in [-0.39, 0.29) is 0 Å². The quantitative estimate of drug-likeness (QED) is 0.801. The lowest BCUT2D eigenvalue weighted by molar-refractivity contribution is 0.502. The molecule has 1 aliphatic carbocycles. The van der Waals surface area contributed by atoms with Crippen molar-refractivity contribution in [2.45, 2.75) is 39.7 Å². The highest BCUT2D eigenvalue weighted by Crippen LogP contribution is 2.44. The summed E-state index contributed by atoms with van der Waals surface area (Å²) in [6.45, 7) is 7.73. The SMILES string of the molecule is CCNC(c1sc(C)cc1C)C1CC1. The van der Waals surface area contributed by atoms with Gasteiger partial charge in [0.2, 0.25) is 0 Å². The average molecular weight is 209 g/mol.